The second-order valence-corrected chi connectivity index (χ2v) is 7.26. The molecule has 23 heavy (non-hydrogen) atoms. The van der Waals surface area contributed by atoms with Crippen LogP contribution in [0.3, 0.4) is 0 Å². The van der Waals surface area contributed by atoms with Crippen LogP contribution in [-0.4, -0.2) is 20.9 Å². The van der Waals surface area contributed by atoms with Crippen LogP contribution >= 0.6 is 11.6 Å². The number of benzene rings is 2. The molecule has 2 N–H and O–H groups in total. The lowest BCUT2D eigenvalue weighted by Gasteiger charge is -2.11. The Bertz CT molecular complexity index is 835. The normalized spacial score (nSPS) is 11.3. The summed E-state index contributed by atoms with van der Waals surface area (Å²) in [5.74, 6) is -0.450. The molecule has 2 aromatic rings. The molecule has 0 radical (unpaired) electrons. The minimum Gasteiger partial charge on any atom is -0.325 e. The molecule has 1 amide bonds. The summed E-state index contributed by atoms with van der Waals surface area (Å²) in [7, 11) is -3.84. The van der Waals surface area contributed by atoms with Gasteiger partial charge in [-0.1, -0.05) is 35.9 Å². The molecule has 2 rings (SSSR count). The lowest BCUT2D eigenvalue weighted by atomic mass is 10.1. The molecule has 0 atom stereocenters. The van der Waals surface area contributed by atoms with Crippen LogP contribution in [0.5, 0.6) is 0 Å². The van der Waals surface area contributed by atoms with E-state index in [4.69, 9.17) is 11.6 Å². The van der Waals surface area contributed by atoms with Crippen molar-refractivity contribution >= 4 is 33.2 Å². The van der Waals surface area contributed by atoms with Crippen molar-refractivity contribution < 1.29 is 13.2 Å². The van der Waals surface area contributed by atoms with E-state index in [0.717, 1.165) is 11.1 Å². The summed E-state index contributed by atoms with van der Waals surface area (Å²) in [6.45, 7) is 3.40. The number of anilines is 1. The Hall–Kier alpha value is -1.89. The lowest BCUT2D eigenvalue weighted by Crippen LogP contribution is -2.33. The maximum absolute atomic E-state index is 12.2. The van der Waals surface area contributed by atoms with E-state index in [1.807, 2.05) is 32.0 Å². The van der Waals surface area contributed by atoms with E-state index in [1.165, 1.54) is 12.1 Å². The van der Waals surface area contributed by atoms with Crippen LogP contribution in [0.25, 0.3) is 0 Å². The number of hydrogen-bond donors (Lipinski definition) is 2. The van der Waals surface area contributed by atoms with Crippen molar-refractivity contribution in [3.05, 3.63) is 58.6 Å². The van der Waals surface area contributed by atoms with Crippen molar-refractivity contribution in [3.8, 4) is 0 Å². The summed E-state index contributed by atoms with van der Waals surface area (Å²) in [5.41, 5.74) is 2.56. The molecule has 0 spiro atoms. The molecule has 0 bridgehead atoms. The van der Waals surface area contributed by atoms with E-state index < -0.39 is 15.9 Å². The molecule has 0 saturated carbocycles. The zero-order chi connectivity index (χ0) is 17.0. The number of carbonyl (C=O) groups is 1. The van der Waals surface area contributed by atoms with Gasteiger partial charge in [0.1, 0.15) is 4.90 Å². The molecular formula is C16H17ClN2O3S. The molecule has 7 heteroatoms. The highest BCUT2D eigenvalue weighted by molar-refractivity contribution is 7.89. The van der Waals surface area contributed by atoms with Crippen LogP contribution < -0.4 is 10.0 Å². The van der Waals surface area contributed by atoms with Crippen molar-refractivity contribution in [2.45, 2.75) is 18.7 Å². The van der Waals surface area contributed by atoms with Crippen molar-refractivity contribution in [1.82, 2.24) is 4.72 Å². The number of carbonyl (C=O) groups excluding carboxylic acids is 1. The van der Waals surface area contributed by atoms with Crippen molar-refractivity contribution in [1.29, 1.82) is 0 Å². The van der Waals surface area contributed by atoms with E-state index in [2.05, 4.69) is 10.0 Å². The standard InChI is InChI=1S/C16H17ClN2O3S/c1-11-7-8-12(2)14(9-11)19-16(20)10-18-23(21,22)15-6-4-3-5-13(15)17/h3-9,18H,10H2,1-2H3,(H,19,20). The Labute approximate surface area is 140 Å². The predicted octanol–water partition coefficient (Wildman–Crippen LogP) is 2.87. The number of nitrogens with one attached hydrogen (secondary N) is 2. The second-order valence-electron chi connectivity index (χ2n) is 5.12. The van der Waals surface area contributed by atoms with Gasteiger partial charge < -0.3 is 5.32 Å². The number of sulfonamides is 1. The van der Waals surface area contributed by atoms with Crippen LogP contribution in [0.2, 0.25) is 5.02 Å². The Morgan fingerprint density at radius 3 is 2.52 bits per heavy atom. The van der Waals surface area contributed by atoms with Crippen LogP contribution in [0.1, 0.15) is 11.1 Å². The van der Waals surface area contributed by atoms with Gasteiger partial charge in [-0.05, 0) is 43.2 Å². The van der Waals surface area contributed by atoms with Gasteiger partial charge in [-0.25, -0.2) is 13.1 Å². The molecule has 2 aromatic carbocycles. The average Bonchev–Trinajstić information content (AvgIpc) is 2.49. The van der Waals surface area contributed by atoms with Gasteiger partial charge in [0.15, 0.2) is 0 Å². The van der Waals surface area contributed by atoms with Gasteiger partial charge in [-0.3, -0.25) is 4.79 Å². The number of hydrogen-bond acceptors (Lipinski definition) is 3. The lowest BCUT2D eigenvalue weighted by molar-refractivity contribution is -0.115. The molecule has 0 aliphatic rings. The molecule has 5 nitrogen and oxygen atoms in total. The van der Waals surface area contributed by atoms with E-state index in [-0.39, 0.29) is 16.5 Å². The van der Waals surface area contributed by atoms with Crippen molar-refractivity contribution in [2.24, 2.45) is 0 Å². The summed E-state index contributed by atoms with van der Waals surface area (Å²) < 4.78 is 26.6. The Kier molecular flexibility index (Phi) is 5.41. The zero-order valence-corrected chi connectivity index (χ0v) is 14.3. The Balaban J connectivity index is 2.04. The molecule has 0 fully saturated rings. The first-order valence-electron chi connectivity index (χ1n) is 6.91. The molecule has 0 heterocycles. The highest BCUT2D eigenvalue weighted by Gasteiger charge is 2.18. The van der Waals surface area contributed by atoms with Gasteiger partial charge in [-0.2, -0.15) is 0 Å². The van der Waals surface area contributed by atoms with E-state index in [9.17, 15) is 13.2 Å². The fourth-order valence-electron chi connectivity index (χ4n) is 1.97. The number of halogens is 1. The number of amides is 1. The number of aryl methyl sites for hydroxylation is 2. The summed E-state index contributed by atoms with van der Waals surface area (Å²) in [6.07, 6.45) is 0. The fraction of sp³-hybridized carbons (Fsp3) is 0.188. The third-order valence-electron chi connectivity index (χ3n) is 3.22. The predicted molar refractivity (Wildman–Crippen MR) is 91.2 cm³/mol. The van der Waals surface area contributed by atoms with Gasteiger partial charge in [0, 0.05) is 5.69 Å². The largest absolute Gasteiger partial charge is 0.325 e. The molecular weight excluding hydrogens is 336 g/mol. The minimum atomic E-state index is -3.84. The molecule has 0 aliphatic heterocycles. The molecule has 0 aliphatic carbocycles. The summed E-state index contributed by atoms with van der Waals surface area (Å²) in [6, 6.07) is 11.7. The van der Waals surface area contributed by atoms with E-state index >= 15 is 0 Å². The minimum absolute atomic E-state index is 0.0544. The van der Waals surface area contributed by atoms with E-state index in [0.29, 0.717) is 5.69 Å². The first-order chi connectivity index (χ1) is 10.8. The van der Waals surface area contributed by atoms with Gasteiger partial charge in [0.05, 0.1) is 11.6 Å². The van der Waals surface area contributed by atoms with Crippen molar-refractivity contribution in [3.63, 3.8) is 0 Å². The van der Waals surface area contributed by atoms with E-state index in [1.54, 1.807) is 12.1 Å². The zero-order valence-electron chi connectivity index (χ0n) is 12.8. The van der Waals surface area contributed by atoms with Crippen LogP contribution in [0.15, 0.2) is 47.4 Å². The monoisotopic (exact) mass is 352 g/mol. The molecule has 0 saturated heterocycles. The smallest absolute Gasteiger partial charge is 0.242 e. The van der Waals surface area contributed by atoms with Crippen LogP contribution in [-0.2, 0) is 14.8 Å². The SMILES string of the molecule is Cc1ccc(C)c(NC(=O)CNS(=O)(=O)c2ccccc2Cl)c1. The quantitative estimate of drug-likeness (QED) is 0.868. The fourth-order valence-corrected chi connectivity index (χ4v) is 3.47. The van der Waals surface area contributed by atoms with Gasteiger partial charge in [-0.15, -0.1) is 0 Å². The number of rotatable bonds is 5. The highest BCUT2D eigenvalue weighted by atomic mass is 35.5. The Morgan fingerprint density at radius 2 is 1.83 bits per heavy atom. The summed E-state index contributed by atoms with van der Waals surface area (Å²) >= 11 is 5.87. The third kappa shape index (κ3) is 4.54. The molecule has 122 valence electrons. The van der Waals surface area contributed by atoms with Crippen LogP contribution in [0, 0.1) is 13.8 Å². The topological polar surface area (TPSA) is 75.3 Å². The Morgan fingerprint density at radius 1 is 1.13 bits per heavy atom. The maximum atomic E-state index is 12.2. The first kappa shape index (κ1) is 17.5. The van der Waals surface area contributed by atoms with Crippen molar-refractivity contribution in [2.75, 3.05) is 11.9 Å². The molecule has 0 aromatic heterocycles. The second kappa shape index (κ2) is 7.12. The van der Waals surface area contributed by atoms with Gasteiger partial charge in [0.2, 0.25) is 15.9 Å². The van der Waals surface area contributed by atoms with Gasteiger partial charge >= 0.3 is 0 Å². The van der Waals surface area contributed by atoms with Crippen LogP contribution in [0.4, 0.5) is 5.69 Å². The maximum Gasteiger partial charge on any atom is 0.242 e. The first-order valence-corrected chi connectivity index (χ1v) is 8.77. The van der Waals surface area contributed by atoms with Gasteiger partial charge in [0.25, 0.3) is 0 Å². The average molecular weight is 353 g/mol. The summed E-state index contributed by atoms with van der Waals surface area (Å²) in [5, 5.41) is 2.80. The molecule has 0 unspecified atom stereocenters. The highest BCUT2D eigenvalue weighted by Crippen LogP contribution is 2.20. The summed E-state index contributed by atoms with van der Waals surface area (Å²) in [4.78, 5) is 11.9. The third-order valence-corrected chi connectivity index (χ3v) is 5.12.